The van der Waals surface area contributed by atoms with Crippen molar-refractivity contribution in [3.05, 3.63) is 30.0 Å². The topological polar surface area (TPSA) is 122 Å². The minimum Gasteiger partial charge on any atom is -0.461 e. The minimum absolute atomic E-state index is 0.0302. The van der Waals surface area contributed by atoms with E-state index in [0.29, 0.717) is 18.7 Å². The third kappa shape index (κ3) is 6.10. The number of aliphatic imine (C=N–C) groups is 1. The van der Waals surface area contributed by atoms with Crippen molar-refractivity contribution in [2.45, 2.75) is 45.1 Å². The van der Waals surface area contributed by atoms with Gasteiger partial charge in [0.05, 0.1) is 12.6 Å². The molecule has 2 saturated heterocycles. The molecule has 1 aromatic carbocycles. The van der Waals surface area contributed by atoms with E-state index in [4.69, 9.17) is 4.42 Å². The number of nitrogens with zero attached hydrogens (tertiary/aromatic N) is 5. The third-order valence-corrected chi connectivity index (χ3v) is 6.83. The molecule has 0 aliphatic carbocycles. The highest BCUT2D eigenvalue weighted by Gasteiger charge is 2.33. The molecule has 4 rings (SSSR count). The predicted molar refractivity (Wildman–Crippen MR) is 140 cm³/mol. The van der Waals surface area contributed by atoms with Crippen LogP contribution in [0.3, 0.4) is 0 Å². The van der Waals surface area contributed by atoms with Gasteiger partial charge in [-0.1, -0.05) is 0 Å². The highest BCUT2D eigenvalue weighted by Crippen LogP contribution is 2.24. The summed E-state index contributed by atoms with van der Waals surface area (Å²) >= 11 is 0. The molecule has 3 heterocycles. The number of nitrogens with one attached hydrogen (secondary N) is 1. The Bertz CT molecular complexity index is 1240. The van der Waals surface area contributed by atoms with Crippen molar-refractivity contribution in [3.8, 4) is 6.07 Å². The summed E-state index contributed by atoms with van der Waals surface area (Å²) < 4.78 is 5.64. The Morgan fingerprint density at radius 1 is 1.19 bits per heavy atom. The number of aryl methyl sites for hydroxylation is 1. The van der Waals surface area contributed by atoms with Gasteiger partial charge in [0.2, 0.25) is 17.7 Å². The SMILES string of the molecule is Cc1cc2cc(NC(=N[C@H]3CCCCN(CC(=O)N4CCCC4)C3=O)C(C#N)C(=O)N(C)C)ccc2o1. The van der Waals surface area contributed by atoms with Crippen LogP contribution in [0.2, 0.25) is 0 Å². The van der Waals surface area contributed by atoms with E-state index >= 15 is 0 Å². The van der Waals surface area contributed by atoms with Crippen LogP contribution in [-0.4, -0.2) is 84.6 Å². The number of anilines is 1. The van der Waals surface area contributed by atoms with E-state index in [1.165, 1.54) is 4.90 Å². The van der Waals surface area contributed by atoms with E-state index in [2.05, 4.69) is 16.4 Å². The Hall–Kier alpha value is -3.87. The largest absolute Gasteiger partial charge is 0.461 e. The van der Waals surface area contributed by atoms with Gasteiger partial charge in [-0.3, -0.25) is 19.4 Å². The number of benzene rings is 1. The molecule has 3 amide bonds. The molecule has 1 aromatic heterocycles. The smallest absolute Gasteiger partial charge is 0.247 e. The average Bonchev–Trinajstić information content (AvgIpc) is 3.50. The standard InChI is InChI=1S/C27H34N6O4/c1-18-14-19-15-20(9-10-23(19)37-18)29-25(21(16-28)26(35)31(2)3)30-22-8-4-5-13-33(27(22)36)17-24(34)32-11-6-7-12-32/h9-10,14-15,21-22H,4-8,11-13,17H2,1-3H3,(H,29,30)/t21?,22-/m0/s1. The third-order valence-electron chi connectivity index (χ3n) is 6.83. The average molecular weight is 507 g/mol. The number of likely N-dealkylation sites (tertiary alicyclic amines) is 2. The lowest BCUT2D eigenvalue weighted by molar-refractivity contribution is -0.140. The maximum atomic E-state index is 13.5. The summed E-state index contributed by atoms with van der Waals surface area (Å²) in [5.74, 6) is -1.06. The maximum Gasteiger partial charge on any atom is 0.247 e. The summed E-state index contributed by atoms with van der Waals surface area (Å²) in [4.78, 5) is 48.6. The van der Waals surface area contributed by atoms with Crippen molar-refractivity contribution in [3.63, 3.8) is 0 Å². The molecular formula is C27H34N6O4. The number of hydrogen-bond donors (Lipinski definition) is 1. The van der Waals surface area contributed by atoms with Crippen LogP contribution in [0.4, 0.5) is 5.69 Å². The fourth-order valence-electron chi connectivity index (χ4n) is 4.83. The molecule has 10 nitrogen and oxygen atoms in total. The fraction of sp³-hybridized carbons (Fsp3) is 0.519. The highest BCUT2D eigenvalue weighted by molar-refractivity contribution is 6.12. The molecule has 10 heteroatoms. The molecule has 2 fully saturated rings. The first-order chi connectivity index (χ1) is 17.8. The molecular weight excluding hydrogens is 472 g/mol. The zero-order valence-corrected chi connectivity index (χ0v) is 21.7. The van der Waals surface area contributed by atoms with E-state index < -0.39 is 17.9 Å². The van der Waals surface area contributed by atoms with E-state index in [0.717, 1.165) is 55.5 Å². The normalized spacial score (nSPS) is 19.5. The fourth-order valence-corrected chi connectivity index (χ4v) is 4.83. The second-order valence-corrected chi connectivity index (χ2v) is 9.90. The Kier molecular flexibility index (Phi) is 8.11. The van der Waals surface area contributed by atoms with Crippen LogP contribution in [0.1, 0.15) is 37.9 Å². The molecule has 0 spiro atoms. The molecule has 2 atom stereocenters. The molecule has 2 aliphatic rings. The molecule has 196 valence electrons. The quantitative estimate of drug-likeness (QED) is 0.475. The zero-order chi connectivity index (χ0) is 26.5. The summed E-state index contributed by atoms with van der Waals surface area (Å²) in [6, 6.07) is 8.61. The van der Waals surface area contributed by atoms with Crippen LogP contribution >= 0.6 is 0 Å². The molecule has 2 aliphatic heterocycles. The van der Waals surface area contributed by atoms with Crippen molar-refractivity contribution < 1.29 is 18.8 Å². The second kappa shape index (κ2) is 11.5. The number of amides is 3. The first-order valence-corrected chi connectivity index (χ1v) is 12.8. The van der Waals surface area contributed by atoms with Crippen molar-refractivity contribution in [2.24, 2.45) is 10.9 Å². The second-order valence-electron chi connectivity index (χ2n) is 9.90. The molecule has 2 aromatic rings. The summed E-state index contributed by atoms with van der Waals surface area (Å²) in [7, 11) is 3.15. The number of carbonyl (C=O) groups excluding carboxylic acids is 3. The van der Waals surface area contributed by atoms with Gasteiger partial charge in [-0.15, -0.1) is 0 Å². The number of fused-ring (bicyclic) bond motifs is 1. The van der Waals surface area contributed by atoms with Gasteiger partial charge in [-0.05, 0) is 63.3 Å². The number of hydrogen-bond acceptors (Lipinski definition) is 6. The Balaban J connectivity index is 1.63. The van der Waals surface area contributed by atoms with Gasteiger partial charge in [0.25, 0.3) is 0 Å². The minimum atomic E-state index is -1.22. The van der Waals surface area contributed by atoms with Gasteiger partial charge < -0.3 is 24.4 Å². The van der Waals surface area contributed by atoms with Gasteiger partial charge in [-0.25, -0.2) is 0 Å². The monoisotopic (exact) mass is 506 g/mol. The Labute approximate surface area is 216 Å². The van der Waals surface area contributed by atoms with E-state index in [1.54, 1.807) is 36.0 Å². The first-order valence-electron chi connectivity index (χ1n) is 12.8. The predicted octanol–water partition coefficient (Wildman–Crippen LogP) is 2.78. The van der Waals surface area contributed by atoms with Crippen molar-refractivity contribution >= 4 is 40.2 Å². The van der Waals surface area contributed by atoms with E-state index in [1.807, 2.05) is 19.1 Å². The number of furan rings is 1. The highest BCUT2D eigenvalue weighted by atomic mass is 16.3. The van der Waals surface area contributed by atoms with Crippen molar-refractivity contribution in [1.29, 1.82) is 5.26 Å². The van der Waals surface area contributed by atoms with Gasteiger partial charge >= 0.3 is 0 Å². The Morgan fingerprint density at radius 3 is 2.62 bits per heavy atom. The van der Waals surface area contributed by atoms with E-state index in [-0.39, 0.29) is 24.2 Å². The van der Waals surface area contributed by atoms with Gasteiger partial charge in [0.1, 0.15) is 23.2 Å². The van der Waals surface area contributed by atoms with Gasteiger partial charge in [-0.2, -0.15) is 5.26 Å². The number of rotatable bonds is 6. The van der Waals surface area contributed by atoms with Crippen LogP contribution in [0.5, 0.6) is 0 Å². The van der Waals surface area contributed by atoms with Crippen LogP contribution in [0.15, 0.2) is 33.7 Å². The number of nitriles is 1. The van der Waals surface area contributed by atoms with Crippen LogP contribution in [-0.2, 0) is 14.4 Å². The maximum absolute atomic E-state index is 13.5. The Morgan fingerprint density at radius 2 is 1.92 bits per heavy atom. The van der Waals surface area contributed by atoms with Crippen molar-refractivity contribution in [1.82, 2.24) is 14.7 Å². The zero-order valence-electron chi connectivity index (χ0n) is 21.7. The lowest BCUT2D eigenvalue weighted by atomic mass is 10.1. The molecule has 37 heavy (non-hydrogen) atoms. The molecule has 1 N–H and O–H groups in total. The van der Waals surface area contributed by atoms with Crippen LogP contribution in [0, 0.1) is 24.2 Å². The molecule has 0 radical (unpaired) electrons. The van der Waals surface area contributed by atoms with Gasteiger partial charge in [0.15, 0.2) is 5.92 Å². The number of carbonyl (C=O) groups is 3. The first kappa shape index (κ1) is 26.2. The van der Waals surface area contributed by atoms with Crippen LogP contribution in [0.25, 0.3) is 11.0 Å². The molecule has 1 unspecified atom stereocenters. The molecule has 0 bridgehead atoms. The molecule has 0 saturated carbocycles. The van der Waals surface area contributed by atoms with Gasteiger partial charge in [0, 0.05) is 44.8 Å². The summed E-state index contributed by atoms with van der Waals surface area (Å²) in [6.45, 7) is 3.84. The summed E-state index contributed by atoms with van der Waals surface area (Å²) in [5.41, 5.74) is 1.35. The lowest BCUT2D eigenvalue weighted by Crippen LogP contribution is -2.45. The number of amidine groups is 1. The van der Waals surface area contributed by atoms with E-state index in [9.17, 15) is 19.6 Å². The van der Waals surface area contributed by atoms with Crippen molar-refractivity contribution in [2.75, 3.05) is 45.6 Å². The summed E-state index contributed by atoms with van der Waals surface area (Å²) in [6.07, 6.45) is 3.97. The lowest BCUT2D eigenvalue weighted by Gasteiger charge is -2.26. The summed E-state index contributed by atoms with van der Waals surface area (Å²) in [5, 5.41) is 13.9. The van der Waals surface area contributed by atoms with Crippen LogP contribution < -0.4 is 5.32 Å².